The molecule has 0 spiro atoms. The molecular weight excluding hydrogens is 244 g/mol. The number of aromatic nitrogens is 1. The molecule has 2 rings (SSSR count). The van der Waals surface area contributed by atoms with Crippen LogP contribution >= 0.6 is 11.3 Å². The van der Waals surface area contributed by atoms with Gasteiger partial charge >= 0.3 is 0 Å². The molecule has 0 aliphatic carbocycles. The summed E-state index contributed by atoms with van der Waals surface area (Å²) in [6.07, 6.45) is 1.97. The highest BCUT2D eigenvalue weighted by Crippen LogP contribution is 2.21. The van der Waals surface area contributed by atoms with E-state index >= 15 is 0 Å². The lowest BCUT2D eigenvalue weighted by molar-refractivity contribution is -0.124. The van der Waals surface area contributed by atoms with Gasteiger partial charge in [0.15, 0.2) is 0 Å². The zero-order chi connectivity index (χ0) is 13.0. The highest BCUT2D eigenvalue weighted by Gasteiger charge is 2.12. The van der Waals surface area contributed by atoms with Gasteiger partial charge in [-0.2, -0.15) is 0 Å². The van der Waals surface area contributed by atoms with E-state index < -0.39 is 0 Å². The fourth-order valence-corrected chi connectivity index (χ4v) is 2.80. The SMILES string of the molecule is CCCC(C)C(=O)NCc1nc2ccccc2s1. The summed E-state index contributed by atoms with van der Waals surface area (Å²) >= 11 is 1.64. The molecule has 1 heterocycles. The molecule has 1 aromatic carbocycles. The van der Waals surface area contributed by atoms with E-state index in [-0.39, 0.29) is 11.8 Å². The Morgan fingerprint density at radius 1 is 1.44 bits per heavy atom. The van der Waals surface area contributed by atoms with Crippen molar-refractivity contribution in [1.82, 2.24) is 10.3 Å². The topological polar surface area (TPSA) is 42.0 Å². The number of nitrogens with zero attached hydrogens (tertiary/aromatic N) is 1. The average Bonchev–Trinajstić information content (AvgIpc) is 2.78. The van der Waals surface area contributed by atoms with Crippen molar-refractivity contribution in [3.05, 3.63) is 29.3 Å². The van der Waals surface area contributed by atoms with Crippen LogP contribution < -0.4 is 5.32 Å². The summed E-state index contributed by atoms with van der Waals surface area (Å²) in [5, 5.41) is 3.92. The Kier molecular flexibility index (Phi) is 4.31. The van der Waals surface area contributed by atoms with Gasteiger partial charge in [0.2, 0.25) is 5.91 Å². The first-order valence-electron chi connectivity index (χ1n) is 6.33. The number of rotatable bonds is 5. The summed E-state index contributed by atoms with van der Waals surface area (Å²) in [7, 11) is 0. The largest absolute Gasteiger partial charge is 0.349 e. The van der Waals surface area contributed by atoms with Crippen LogP contribution in [0.15, 0.2) is 24.3 Å². The maximum Gasteiger partial charge on any atom is 0.223 e. The number of carbonyl (C=O) groups excluding carboxylic acids is 1. The van der Waals surface area contributed by atoms with Crippen molar-refractivity contribution in [3.8, 4) is 0 Å². The van der Waals surface area contributed by atoms with E-state index in [0.29, 0.717) is 6.54 Å². The van der Waals surface area contributed by atoms with Gasteiger partial charge in [0, 0.05) is 5.92 Å². The minimum atomic E-state index is 0.0874. The molecule has 1 aromatic heterocycles. The van der Waals surface area contributed by atoms with Crippen molar-refractivity contribution < 1.29 is 4.79 Å². The first-order chi connectivity index (χ1) is 8.70. The smallest absolute Gasteiger partial charge is 0.223 e. The number of fused-ring (bicyclic) bond motifs is 1. The van der Waals surface area contributed by atoms with Crippen molar-refractivity contribution in [1.29, 1.82) is 0 Å². The zero-order valence-corrected chi connectivity index (χ0v) is 11.6. The van der Waals surface area contributed by atoms with E-state index in [9.17, 15) is 4.79 Å². The average molecular weight is 262 g/mol. The number of benzene rings is 1. The lowest BCUT2D eigenvalue weighted by Gasteiger charge is -2.09. The van der Waals surface area contributed by atoms with E-state index in [1.54, 1.807) is 11.3 Å². The Morgan fingerprint density at radius 3 is 2.94 bits per heavy atom. The van der Waals surface area contributed by atoms with Crippen LogP contribution in [0.2, 0.25) is 0 Å². The molecule has 1 atom stereocenters. The molecule has 0 radical (unpaired) electrons. The van der Waals surface area contributed by atoms with Crippen molar-refractivity contribution in [3.63, 3.8) is 0 Å². The van der Waals surface area contributed by atoms with E-state index in [1.165, 1.54) is 4.70 Å². The van der Waals surface area contributed by atoms with Crippen LogP contribution in [0.3, 0.4) is 0 Å². The zero-order valence-electron chi connectivity index (χ0n) is 10.8. The molecule has 96 valence electrons. The molecule has 2 aromatic rings. The quantitative estimate of drug-likeness (QED) is 0.898. The van der Waals surface area contributed by atoms with Crippen LogP contribution in [0, 0.1) is 5.92 Å². The van der Waals surface area contributed by atoms with Gasteiger partial charge in [0.1, 0.15) is 5.01 Å². The molecule has 1 N–H and O–H groups in total. The van der Waals surface area contributed by atoms with Crippen molar-refractivity contribution in [2.45, 2.75) is 33.2 Å². The van der Waals surface area contributed by atoms with Gasteiger partial charge in [-0.05, 0) is 18.6 Å². The van der Waals surface area contributed by atoms with Crippen molar-refractivity contribution in [2.75, 3.05) is 0 Å². The molecule has 0 saturated carbocycles. The lowest BCUT2D eigenvalue weighted by atomic mass is 10.1. The summed E-state index contributed by atoms with van der Waals surface area (Å²) in [6.45, 7) is 4.60. The van der Waals surface area contributed by atoms with E-state index in [4.69, 9.17) is 0 Å². The Labute approximate surface area is 111 Å². The molecule has 4 heteroatoms. The minimum Gasteiger partial charge on any atom is -0.349 e. The Hall–Kier alpha value is -1.42. The predicted molar refractivity (Wildman–Crippen MR) is 75.5 cm³/mol. The summed E-state index contributed by atoms with van der Waals surface area (Å²) < 4.78 is 1.17. The summed E-state index contributed by atoms with van der Waals surface area (Å²) in [6, 6.07) is 8.04. The Balaban J connectivity index is 1.95. The van der Waals surface area contributed by atoms with Gasteiger partial charge in [-0.25, -0.2) is 4.98 Å². The molecule has 3 nitrogen and oxygen atoms in total. The molecule has 18 heavy (non-hydrogen) atoms. The first kappa shape index (κ1) is 13.0. The lowest BCUT2D eigenvalue weighted by Crippen LogP contribution is -2.28. The third-order valence-electron chi connectivity index (χ3n) is 2.92. The van der Waals surface area contributed by atoms with E-state index in [0.717, 1.165) is 23.4 Å². The molecule has 0 saturated heterocycles. The normalized spacial score (nSPS) is 12.6. The first-order valence-corrected chi connectivity index (χ1v) is 7.14. The minimum absolute atomic E-state index is 0.0874. The molecule has 1 unspecified atom stereocenters. The molecule has 0 bridgehead atoms. The van der Waals surface area contributed by atoms with Gasteiger partial charge in [0.05, 0.1) is 16.8 Å². The third-order valence-corrected chi connectivity index (χ3v) is 3.96. The van der Waals surface area contributed by atoms with E-state index in [2.05, 4.69) is 23.3 Å². The van der Waals surface area contributed by atoms with Gasteiger partial charge < -0.3 is 5.32 Å². The molecule has 0 aliphatic rings. The van der Waals surface area contributed by atoms with E-state index in [1.807, 2.05) is 25.1 Å². The third kappa shape index (κ3) is 3.07. The maximum atomic E-state index is 11.8. The number of para-hydroxylation sites is 1. The molecule has 0 fully saturated rings. The van der Waals surface area contributed by atoms with Crippen LogP contribution in [0.25, 0.3) is 10.2 Å². The maximum absolute atomic E-state index is 11.8. The fourth-order valence-electron chi connectivity index (χ4n) is 1.90. The number of amides is 1. The monoisotopic (exact) mass is 262 g/mol. The second-order valence-electron chi connectivity index (χ2n) is 4.48. The van der Waals surface area contributed by atoms with Crippen molar-refractivity contribution in [2.24, 2.45) is 5.92 Å². The van der Waals surface area contributed by atoms with Crippen molar-refractivity contribution >= 4 is 27.5 Å². The molecule has 0 aliphatic heterocycles. The second-order valence-corrected chi connectivity index (χ2v) is 5.60. The predicted octanol–water partition coefficient (Wildman–Crippen LogP) is 3.35. The number of nitrogens with one attached hydrogen (secondary N) is 1. The Bertz CT molecular complexity index is 502. The summed E-state index contributed by atoms with van der Waals surface area (Å²) in [4.78, 5) is 16.3. The number of thiazole rings is 1. The highest BCUT2D eigenvalue weighted by atomic mass is 32.1. The second kappa shape index (κ2) is 5.96. The van der Waals surface area contributed by atoms with Crippen LogP contribution in [-0.2, 0) is 11.3 Å². The van der Waals surface area contributed by atoms with Gasteiger partial charge in [-0.1, -0.05) is 32.4 Å². The number of hydrogen-bond donors (Lipinski definition) is 1. The summed E-state index contributed by atoms with van der Waals surface area (Å²) in [5.41, 5.74) is 1.01. The molecule has 1 amide bonds. The van der Waals surface area contributed by atoms with Crippen LogP contribution in [0.5, 0.6) is 0 Å². The van der Waals surface area contributed by atoms with Gasteiger partial charge in [-0.3, -0.25) is 4.79 Å². The molecular formula is C14H18N2OS. The van der Waals surface area contributed by atoms with Crippen LogP contribution in [0.4, 0.5) is 0 Å². The standard InChI is InChI=1S/C14H18N2OS/c1-3-6-10(2)14(17)15-9-13-16-11-7-4-5-8-12(11)18-13/h4-5,7-8,10H,3,6,9H2,1-2H3,(H,15,17). The summed E-state index contributed by atoms with van der Waals surface area (Å²) in [5.74, 6) is 0.209. The van der Waals surface area contributed by atoms with Crippen LogP contribution in [0.1, 0.15) is 31.7 Å². The number of hydrogen-bond acceptors (Lipinski definition) is 3. The Morgan fingerprint density at radius 2 is 2.22 bits per heavy atom. The number of carbonyl (C=O) groups is 1. The highest BCUT2D eigenvalue weighted by molar-refractivity contribution is 7.18. The fraction of sp³-hybridized carbons (Fsp3) is 0.429. The van der Waals surface area contributed by atoms with Gasteiger partial charge in [-0.15, -0.1) is 11.3 Å². The van der Waals surface area contributed by atoms with Gasteiger partial charge in [0.25, 0.3) is 0 Å². The van der Waals surface area contributed by atoms with Crippen LogP contribution in [-0.4, -0.2) is 10.9 Å².